The smallest absolute Gasteiger partial charge is 0.240 e. The van der Waals surface area contributed by atoms with Gasteiger partial charge in [-0.15, -0.1) is 0 Å². The summed E-state index contributed by atoms with van der Waals surface area (Å²) in [6.07, 6.45) is 2.80. The Balaban J connectivity index is 2.09. The highest BCUT2D eigenvalue weighted by atomic mass is 16.7. The van der Waals surface area contributed by atoms with E-state index in [0.717, 1.165) is 0 Å². The number of carbonyl (C=O) groups excluding carboxylic acids is 1. The summed E-state index contributed by atoms with van der Waals surface area (Å²) in [7, 11) is 0. The molecule has 6 heteroatoms. The molecule has 0 spiro atoms. The number of fused-ring (bicyclic) bond motifs is 1. The van der Waals surface area contributed by atoms with Gasteiger partial charge in [-0.1, -0.05) is 5.16 Å². The zero-order valence-corrected chi connectivity index (χ0v) is 8.54. The molecule has 1 aromatic carbocycles. The van der Waals surface area contributed by atoms with Gasteiger partial charge in [0.1, 0.15) is 5.69 Å². The van der Waals surface area contributed by atoms with Gasteiger partial charge in [-0.2, -0.15) is 4.99 Å². The Morgan fingerprint density at radius 1 is 1.29 bits per heavy atom. The molecule has 0 amide bonds. The minimum atomic E-state index is 0.203. The summed E-state index contributed by atoms with van der Waals surface area (Å²) in [4.78, 5) is 13.7. The van der Waals surface area contributed by atoms with Crippen LogP contribution in [-0.4, -0.2) is 18.0 Å². The number of hydrogen-bond acceptors (Lipinski definition) is 6. The number of benzene rings is 1. The summed E-state index contributed by atoms with van der Waals surface area (Å²) in [5.74, 6) is 1.69. The zero-order valence-electron chi connectivity index (χ0n) is 8.54. The van der Waals surface area contributed by atoms with Crippen LogP contribution in [0.5, 0.6) is 11.5 Å². The molecular weight excluding hydrogens is 224 g/mol. The van der Waals surface area contributed by atoms with Gasteiger partial charge >= 0.3 is 0 Å². The fourth-order valence-electron chi connectivity index (χ4n) is 1.60. The van der Waals surface area contributed by atoms with E-state index in [-0.39, 0.29) is 6.79 Å². The van der Waals surface area contributed by atoms with Crippen molar-refractivity contribution in [3.63, 3.8) is 0 Å². The Kier molecular flexibility index (Phi) is 2.13. The lowest BCUT2D eigenvalue weighted by Crippen LogP contribution is -1.92. The van der Waals surface area contributed by atoms with Crippen molar-refractivity contribution < 1.29 is 18.8 Å². The topological polar surface area (TPSA) is 73.9 Å². The first kappa shape index (κ1) is 9.62. The van der Waals surface area contributed by atoms with Crippen molar-refractivity contribution in [3.8, 4) is 22.8 Å². The highest BCUT2D eigenvalue weighted by molar-refractivity contribution is 5.73. The van der Waals surface area contributed by atoms with E-state index in [4.69, 9.17) is 14.0 Å². The van der Waals surface area contributed by atoms with E-state index in [2.05, 4.69) is 10.1 Å². The van der Waals surface area contributed by atoms with Crippen LogP contribution in [0.1, 0.15) is 0 Å². The van der Waals surface area contributed by atoms with Crippen molar-refractivity contribution in [1.29, 1.82) is 0 Å². The van der Waals surface area contributed by atoms with Crippen LogP contribution in [-0.2, 0) is 4.79 Å². The third kappa shape index (κ3) is 1.56. The van der Waals surface area contributed by atoms with Gasteiger partial charge in [0.15, 0.2) is 17.3 Å². The van der Waals surface area contributed by atoms with Crippen molar-refractivity contribution in [2.45, 2.75) is 0 Å². The summed E-state index contributed by atoms with van der Waals surface area (Å²) < 4.78 is 15.5. The maximum absolute atomic E-state index is 10.2. The molecule has 0 saturated carbocycles. The number of isocyanates is 1. The molecule has 0 atom stereocenters. The second-order valence-electron chi connectivity index (χ2n) is 3.31. The van der Waals surface area contributed by atoms with Crippen molar-refractivity contribution in [1.82, 2.24) is 5.16 Å². The van der Waals surface area contributed by atoms with Crippen LogP contribution >= 0.6 is 0 Å². The standard InChI is InChI=1S/C11H6N2O4/c14-5-12-8-4-13-17-11(8)7-1-2-9-10(3-7)16-6-15-9/h1-4H,6H2. The van der Waals surface area contributed by atoms with Gasteiger partial charge in [-0.05, 0) is 18.2 Å². The van der Waals surface area contributed by atoms with Gasteiger partial charge in [0.25, 0.3) is 0 Å². The molecule has 1 aliphatic heterocycles. The van der Waals surface area contributed by atoms with Crippen LogP contribution in [0.2, 0.25) is 0 Å². The minimum Gasteiger partial charge on any atom is -0.454 e. The fraction of sp³-hybridized carbons (Fsp3) is 0.0909. The largest absolute Gasteiger partial charge is 0.454 e. The second kappa shape index (κ2) is 3.77. The minimum absolute atomic E-state index is 0.203. The molecule has 84 valence electrons. The SMILES string of the molecule is O=C=Nc1cnoc1-c1ccc2c(c1)OCO2. The maximum atomic E-state index is 10.2. The molecule has 17 heavy (non-hydrogen) atoms. The Bertz CT molecular complexity index is 614. The van der Waals surface area contributed by atoms with E-state index in [1.165, 1.54) is 12.3 Å². The van der Waals surface area contributed by atoms with Gasteiger partial charge in [0.2, 0.25) is 12.9 Å². The molecule has 0 aliphatic carbocycles. The number of ether oxygens (including phenoxy) is 2. The molecular formula is C11H6N2O4. The Morgan fingerprint density at radius 2 is 2.18 bits per heavy atom. The van der Waals surface area contributed by atoms with Crippen LogP contribution in [0.15, 0.2) is 33.9 Å². The van der Waals surface area contributed by atoms with Crippen molar-refractivity contribution >= 4 is 11.8 Å². The van der Waals surface area contributed by atoms with Crippen LogP contribution in [0.4, 0.5) is 5.69 Å². The van der Waals surface area contributed by atoms with Crippen LogP contribution in [0, 0.1) is 0 Å². The van der Waals surface area contributed by atoms with Crippen molar-refractivity contribution in [3.05, 3.63) is 24.4 Å². The maximum Gasteiger partial charge on any atom is 0.240 e. The monoisotopic (exact) mass is 230 g/mol. The molecule has 0 saturated heterocycles. The zero-order chi connectivity index (χ0) is 11.7. The van der Waals surface area contributed by atoms with Gasteiger partial charge in [0.05, 0.1) is 6.20 Å². The van der Waals surface area contributed by atoms with Gasteiger partial charge in [-0.3, -0.25) is 0 Å². The molecule has 1 aromatic heterocycles. The first-order valence-electron chi connectivity index (χ1n) is 4.81. The first-order chi connectivity index (χ1) is 8.38. The van der Waals surface area contributed by atoms with E-state index < -0.39 is 0 Å². The van der Waals surface area contributed by atoms with E-state index >= 15 is 0 Å². The third-order valence-corrected chi connectivity index (χ3v) is 2.35. The molecule has 6 nitrogen and oxygen atoms in total. The number of aromatic nitrogens is 1. The van der Waals surface area contributed by atoms with E-state index in [0.29, 0.717) is 28.5 Å². The Hall–Kier alpha value is -2.59. The van der Waals surface area contributed by atoms with Gasteiger partial charge in [0, 0.05) is 5.56 Å². The third-order valence-electron chi connectivity index (χ3n) is 2.35. The van der Waals surface area contributed by atoms with E-state index in [1.807, 2.05) is 0 Å². The second-order valence-corrected chi connectivity index (χ2v) is 3.31. The summed E-state index contributed by atoms with van der Waals surface area (Å²) in [5, 5.41) is 3.59. The normalized spacial score (nSPS) is 12.2. The highest BCUT2D eigenvalue weighted by Gasteiger charge is 2.17. The molecule has 1 aliphatic rings. The lowest BCUT2D eigenvalue weighted by atomic mass is 10.1. The molecule has 0 unspecified atom stereocenters. The molecule has 0 fully saturated rings. The number of nitrogens with zero attached hydrogens (tertiary/aromatic N) is 2. The molecule has 2 aromatic rings. The lowest BCUT2D eigenvalue weighted by Gasteiger charge is -1.99. The van der Waals surface area contributed by atoms with E-state index in [1.54, 1.807) is 18.2 Å². The predicted molar refractivity (Wildman–Crippen MR) is 55.8 cm³/mol. The summed E-state index contributed by atoms with van der Waals surface area (Å²) in [6, 6.07) is 5.28. The van der Waals surface area contributed by atoms with Crippen molar-refractivity contribution in [2.24, 2.45) is 4.99 Å². The average Bonchev–Trinajstić information content (AvgIpc) is 2.96. The molecule has 2 heterocycles. The molecule has 3 rings (SSSR count). The quantitative estimate of drug-likeness (QED) is 0.583. The lowest BCUT2D eigenvalue weighted by molar-refractivity contribution is 0.174. The van der Waals surface area contributed by atoms with Crippen molar-refractivity contribution in [2.75, 3.05) is 6.79 Å². The number of hydrogen-bond donors (Lipinski definition) is 0. The fourth-order valence-corrected chi connectivity index (χ4v) is 1.60. The van der Waals surface area contributed by atoms with Crippen LogP contribution < -0.4 is 9.47 Å². The van der Waals surface area contributed by atoms with Crippen LogP contribution in [0.25, 0.3) is 11.3 Å². The summed E-state index contributed by atoms with van der Waals surface area (Å²) in [6.45, 7) is 0.203. The van der Waals surface area contributed by atoms with Gasteiger partial charge in [-0.25, -0.2) is 4.79 Å². The van der Waals surface area contributed by atoms with Gasteiger partial charge < -0.3 is 14.0 Å². The Labute approximate surface area is 95.5 Å². The molecule has 0 N–H and O–H groups in total. The predicted octanol–water partition coefficient (Wildman–Crippen LogP) is 2.04. The van der Waals surface area contributed by atoms with Crippen LogP contribution in [0.3, 0.4) is 0 Å². The average molecular weight is 230 g/mol. The number of rotatable bonds is 2. The summed E-state index contributed by atoms with van der Waals surface area (Å²) in [5.41, 5.74) is 1.04. The Morgan fingerprint density at radius 3 is 3.06 bits per heavy atom. The highest BCUT2D eigenvalue weighted by Crippen LogP contribution is 2.38. The molecule has 0 radical (unpaired) electrons. The van der Waals surface area contributed by atoms with E-state index in [9.17, 15) is 4.79 Å². The molecule has 0 bridgehead atoms. The first-order valence-corrected chi connectivity index (χ1v) is 4.81. The number of aliphatic imine (C=N–C) groups is 1. The summed E-state index contributed by atoms with van der Waals surface area (Å²) >= 11 is 0.